The molecular formula is C15H24N2O2. The van der Waals surface area contributed by atoms with E-state index in [9.17, 15) is 4.79 Å². The first-order chi connectivity index (χ1) is 9.02. The van der Waals surface area contributed by atoms with Crippen LogP contribution in [0.1, 0.15) is 25.8 Å². The molecule has 0 spiro atoms. The largest absolute Gasteiger partial charge is 0.396 e. The molecule has 106 valence electrons. The van der Waals surface area contributed by atoms with E-state index in [1.165, 1.54) is 0 Å². The van der Waals surface area contributed by atoms with Gasteiger partial charge in [-0.05, 0) is 44.9 Å². The van der Waals surface area contributed by atoms with Gasteiger partial charge in [-0.2, -0.15) is 0 Å². The van der Waals surface area contributed by atoms with E-state index in [1.807, 2.05) is 31.2 Å². The van der Waals surface area contributed by atoms with Crippen molar-refractivity contribution in [3.8, 4) is 0 Å². The maximum Gasteiger partial charge on any atom is 0.238 e. The highest BCUT2D eigenvalue weighted by molar-refractivity contribution is 5.92. The van der Waals surface area contributed by atoms with Crippen molar-refractivity contribution in [1.29, 1.82) is 0 Å². The molecule has 2 N–H and O–H groups in total. The number of carbonyl (C=O) groups excluding carboxylic acids is 1. The van der Waals surface area contributed by atoms with E-state index in [0.717, 1.165) is 17.8 Å². The number of anilines is 1. The summed E-state index contributed by atoms with van der Waals surface area (Å²) in [7, 11) is 0. The Balaban J connectivity index is 2.52. The summed E-state index contributed by atoms with van der Waals surface area (Å²) in [6.45, 7) is 7.34. The highest BCUT2D eigenvalue weighted by Crippen LogP contribution is 2.10. The smallest absolute Gasteiger partial charge is 0.238 e. The summed E-state index contributed by atoms with van der Waals surface area (Å²) in [5.41, 5.74) is 1.95. The average Bonchev–Trinajstić information content (AvgIpc) is 2.34. The predicted octanol–water partition coefficient (Wildman–Crippen LogP) is 2.03. The van der Waals surface area contributed by atoms with Gasteiger partial charge in [-0.1, -0.05) is 12.1 Å². The second-order valence-corrected chi connectivity index (χ2v) is 5.06. The van der Waals surface area contributed by atoms with Crippen molar-refractivity contribution in [3.63, 3.8) is 0 Å². The number of hydrogen-bond acceptors (Lipinski definition) is 3. The fraction of sp³-hybridized carbons (Fsp3) is 0.533. The van der Waals surface area contributed by atoms with E-state index in [1.54, 1.807) is 0 Å². The molecule has 0 saturated carbocycles. The molecule has 0 aliphatic carbocycles. The van der Waals surface area contributed by atoms with Gasteiger partial charge in [0.05, 0.1) is 6.54 Å². The van der Waals surface area contributed by atoms with E-state index in [-0.39, 0.29) is 18.6 Å². The lowest BCUT2D eigenvalue weighted by atomic mass is 10.2. The minimum atomic E-state index is -0.0164. The highest BCUT2D eigenvalue weighted by Gasteiger charge is 2.13. The minimum Gasteiger partial charge on any atom is -0.396 e. The molecule has 0 unspecified atom stereocenters. The Morgan fingerprint density at radius 2 is 2.16 bits per heavy atom. The third-order valence-electron chi connectivity index (χ3n) is 2.98. The van der Waals surface area contributed by atoms with E-state index in [4.69, 9.17) is 5.11 Å². The second kappa shape index (κ2) is 7.92. The third-order valence-corrected chi connectivity index (χ3v) is 2.98. The van der Waals surface area contributed by atoms with Gasteiger partial charge in [0.1, 0.15) is 0 Å². The van der Waals surface area contributed by atoms with Crippen LogP contribution in [0.4, 0.5) is 5.69 Å². The van der Waals surface area contributed by atoms with Crippen LogP contribution in [-0.2, 0) is 4.79 Å². The van der Waals surface area contributed by atoms with Crippen molar-refractivity contribution in [1.82, 2.24) is 4.90 Å². The number of rotatable bonds is 7. The lowest BCUT2D eigenvalue weighted by Crippen LogP contribution is -2.39. The van der Waals surface area contributed by atoms with Gasteiger partial charge in [0, 0.05) is 24.9 Å². The topological polar surface area (TPSA) is 52.6 Å². The Morgan fingerprint density at radius 3 is 2.74 bits per heavy atom. The molecule has 1 rings (SSSR count). The molecule has 0 fully saturated rings. The van der Waals surface area contributed by atoms with Crippen LogP contribution in [0.2, 0.25) is 0 Å². The van der Waals surface area contributed by atoms with Gasteiger partial charge in [0.25, 0.3) is 0 Å². The van der Waals surface area contributed by atoms with Crippen LogP contribution in [0.3, 0.4) is 0 Å². The Morgan fingerprint density at radius 1 is 1.42 bits per heavy atom. The van der Waals surface area contributed by atoms with Crippen LogP contribution in [0.15, 0.2) is 24.3 Å². The number of amides is 1. The molecule has 0 atom stereocenters. The molecule has 0 radical (unpaired) electrons. The summed E-state index contributed by atoms with van der Waals surface area (Å²) in [4.78, 5) is 14.0. The Kier molecular flexibility index (Phi) is 6.53. The van der Waals surface area contributed by atoms with Gasteiger partial charge in [0.15, 0.2) is 0 Å². The number of aliphatic hydroxyl groups excluding tert-OH is 1. The second-order valence-electron chi connectivity index (χ2n) is 5.06. The van der Waals surface area contributed by atoms with Gasteiger partial charge < -0.3 is 10.4 Å². The molecule has 4 nitrogen and oxygen atoms in total. The highest BCUT2D eigenvalue weighted by atomic mass is 16.3. The van der Waals surface area contributed by atoms with Crippen molar-refractivity contribution in [2.45, 2.75) is 33.2 Å². The molecule has 1 aromatic rings. The molecule has 4 heteroatoms. The zero-order valence-electron chi connectivity index (χ0n) is 12.0. The molecule has 0 saturated heterocycles. The summed E-state index contributed by atoms with van der Waals surface area (Å²) < 4.78 is 0. The monoisotopic (exact) mass is 264 g/mol. The van der Waals surface area contributed by atoms with Crippen LogP contribution < -0.4 is 5.32 Å². The lowest BCUT2D eigenvalue weighted by molar-refractivity contribution is -0.117. The molecule has 0 bridgehead atoms. The van der Waals surface area contributed by atoms with Gasteiger partial charge >= 0.3 is 0 Å². The zero-order valence-corrected chi connectivity index (χ0v) is 12.0. The fourth-order valence-corrected chi connectivity index (χ4v) is 1.90. The van der Waals surface area contributed by atoms with Crippen molar-refractivity contribution >= 4 is 11.6 Å². The molecule has 0 aliphatic heterocycles. The first kappa shape index (κ1) is 15.7. The van der Waals surface area contributed by atoms with Crippen LogP contribution in [-0.4, -0.2) is 41.7 Å². The van der Waals surface area contributed by atoms with Gasteiger partial charge in [-0.25, -0.2) is 0 Å². The van der Waals surface area contributed by atoms with Crippen molar-refractivity contribution in [2.75, 3.05) is 25.0 Å². The maximum absolute atomic E-state index is 12.0. The average molecular weight is 264 g/mol. The zero-order chi connectivity index (χ0) is 14.3. The Labute approximate surface area is 115 Å². The summed E-state index contributed by atoms with van der Waals surface area (Å²) >= 11 is 0. The van der Waals surface area contributed by atoms with Crippen molar-refractivity contribution in [3.05, 3.63) is 29.8 Å². The van der Waals surface area contributed by atoms with Crippen LogP contribution in [0.25, 0.3) is 0 Å². The number of benzene rings is 1. The summed E-state index contributed by atoms with van der Waals surface area (Å²) in [6, 6.07) is 8.05. The fourth-order valence-electron chi connectivity index (χ4n) is 1.90. The van der Waals surface area contributed by atoms with Crippen LogP contribution >= 0.6 is 0 Å². The van der Waals surface area contributed by atoms with Gasteiger partial charge in [-0.3, -0.25) is 9.69 Å². The van der Waals surface area contributed by atoms with Crippen molar-refractivity contribution < 1.29 is 9.90 Å². The van der Waals surface area contributed by atoms with Crippen LogP contribution in [0.5, 0.6) is 0 Å². The summed E-state index contributed by atoms with van der Waals surface area (Å²) in [5, 5.41) is 11.8. The normalized spacial score (nSPS) is 11.1. The Hall–Kier alpha value is -1.39. The third kappa shape index (κ3) is 5.85. The minimum absolute atomic E-state index is 0.0164. The van der Waals surface area contributed by atoms with Gasteiger partial charge in [0.2, 0.25) is 5.91 Å². The first-order valence-corrected chi connectivity index (χ1v) is 6.74. The standard InChI is InChI=1S/C15H24N2O2/c1-12(2)17(8-5-9-18)11-15(19)16-14-7-4-6-13(3)10-14/h4,6-7,10,12,18H,5,8-9,11H2,1-3H3,(H,16,19). The summed E-state index contributed by atoms with van der Waals surface area (Å²) in [6.07, 6.45) is 0.690. The summed E-state index contributed by atoms with van der Waals surface area (Å²) in [5.74, 6) is -0.0164. The number of aryl methyl sites for hydroxylation is 1. The van der Waals surface area contributed by atoms with E-state index in [0.29, 0.717) is 13.0 Å². The SMILES string of the molecule is Cc1cccc(NC(=O)CN(CCCO)C(C)C)c1. The Bertz CT molecular complexity index is 405. The van der Waals surface area contributed by atoms with Crippen molar-refractivity contribution in [2.24, 2.45) is 0 Å². The maximum atomic E-state index is 12.0. The molecule has 0 heterocycles. The van der Waals surface area contributed by atoms with E-state index in [2.05, 4.69) is 24.1 Å². The number of nitrogens with one attached hydrogen (secondary N) is 1. The van der Waals surface area contributed by atoms with E-state index < -0.39 is 0 Å². The predicted molar refractivity (Wildman–Crippen MR) is 78.2 cm³/mol. The molecule has 1 amide bonds. The molecule has 1 aromatic carbocycles. The number of nitrogens with zero attached hydrogens (tertiary/aromatic N) is 1. The molecule has 19 heavy (non-hydrogen) atoms. The number of aliphatic hydroxyl groups is 1. The lowest BCUT2D eigenvalue weighted by Gasteiger charge is -2.25. The van der Waals surface area contributed by atoms with Crippen LogP contribution in [0, 0.1) is 6.92 Å². The quantitative estimate of drug-likeness (QED) is 0.792. The molecule has 0 aliphatic rings. The molecule has 0 aromatic heterocycles. The van der Waals surface area contributed by atoms with Gasteiger partial charge in [-0.15, -0.1) is 0 Å². The number of carbonyl (C=O) groups is 1. The first-order valence-electron chi connectivity index (χ1n) is 6.74. The van der Waals surface area contributed by atoms with E-state index >= 15 is 0 Å². The molecular weight excluding hydrogens is 240 g/mol. The number of hydrogen-bond donors (Lipinski definition) is 2.